The summed E-state index contributed by atoms with van der Waals surface area (Å²) in [5.41, 5.74) is 2.87. The number of hydrogen-bond acceptors (Lipinski definition) is 6. The second-order valence-electron chi connectivity index (χ2n) is 5.91. The number of thiophene rings is 1. The zero-order valence-corrected chi connectivity index (χ0v) is 15.0. The van der Waals surface area contributed by atoms with Crippen LogP contribution in [0.3, 0.4) is 0 Å². The van der Waals surface area contributed by atoms with Crippen LogP contribution in [0.25, 0.3) is 11.3 Å². The first kappa shape index (κ1) is 16.5. The molecule has 0 aliphatic carbocycles. The molecule has 132 valence electrons. The van der Waals surface area contributed by atoms with Crippen molar-refractivity contribution in [2.45, 2.75) is 12.5 Å². The van der Waals surface area contributed by atoms with Crippen molar-refractivity contribution < 1.29 is 14.3 Å². The minimum absolute atomic E-state index is 0.0613. The number of nitrogens with zero attached hydrogens (tertiary/aromatic N) is 2. The summed E-state index contributed by atoms with van der Waals surface area (Å²) in [4.78, 5) is 12.8. The van der Waals surface area contributed by atoms with Crippen LogP contribution in [0.1, 0.15) is 15.2 Å². The highest BCUT2D eigenvalue weighted by atomic mass is 32.1. The first-order valence-corrected chi connectivity index (χ1v) is 9.10. The van der Waals surface area contributed by atoms with Crippen LogP contribution >= 0.6 is 11.3 Å². The molecule has 3 aromatic rings. The number of amides is 1. The van der Waals surface area contributed by atoms with E-state index in [9.17, 15) is 4.79 Å². The highest BCUT2D eigenvalue weighted by Gasteiger charge is 2.24. The van der Waals surface area contributed by atoms with Crippen LogP contribution in [0.15, 0.2) is 47.8 Å². The highest BCUT2D eigenvalue weighted by molar-refractivity contribution is 7.12. The Kier molecular flexibility index (Phi) is 4.53. The van der Waals surface area contributed by atoms with Crippen molar-refractivity contribution in [3.8, 4) is 22.9 Å². The van der Waals surface area contributed by atoms with Crippen molar-refractivity contribution in [3.63, 3.8) is 0 Å². The van der Waals surface area contributed by atoms with Crippen LogP contribution in [-0.2, 0) is 6.42 Å². The van der Waals surface area contributed by atoms with Gasteiger partial charge in [-0.3, -0.25) is 4.79 Å². The van der Waals surface area contributed by atoms with Gasteiger partial charge in [-0.1, -0.05) is 6.07 Å². The minimum Gasteiger partial charge on any atom is -0.488 e. The molecule has 1 atom stereocenters. The average Bonchev–Trinajstić information content (AvgIpc) is 3.35. The smallest absolute Gasteiger partial charge is 0.261 e. The molecule has 0 spiro atoms. The van der Waals surface area contributed by atoms with Crippen LogP contribution in [-0.4, -0.2) is 35.9 Å². The van der Waals surface area contributed by atoms with Gasteiger partial charge in [-0.2, -0.15) is 0 Å². The van der Waals surface area contributed by atoms with Gasteiger partial charge in [-0.25, -0.2) is 0 Å². The van der Waals surface area contributed by atoms with E-state index in [-0.39, 0.29) is 12.0 Å². The Hall–Kier alpha value is -2.93. The topological polar surface area (TPSA) is 73.3 Å². The third kappa shape index (κ3) is 3.39. The van der Waals surface area contributed by atoms with Gasteiger partial charge in [0.25, 0.3) is 5.91 Å². The third-order valence-electron chi connectivity index (χ3n) is 4.18. The van der Waals surface area contributed by atoms with Crippen molar-refractivity contribution in [3.05, 3.63) is 58.3 Å². The second kappa shape index (κ2) is 7.13. The summed E-state index contributed by atoms with van der Waals surface area (Å²) in [5.74, 6) is 1.28. The zero-order valence-electron chi connectivity index (χ0n) is 14.1. The first-order valence-electron chi connectivity index (χ1n) is 8.22. The minimum atomic E-state index is -0.0638. The molecule has 7 heteroatoms. The SMILES string of the molecule is COc1ccc(-c2ccc3c(c2)CC(CNC(=O)c2cccs2)O3)nn1. The van der Waals surface area contributed by atoms with E-state index in [4.69, 9.17) is 9.47 Å². The maximum absolute atomic E-state index is 12.0. The standard InChI is InChI=1S/C19H17N3O3S/c1-24-18-7-5-15(21-22-18)12-4-6-16-13(9-12)10-14(25-16)11-20-19(23)17-3-2-8-26-17/h2-9,14H,10-11H2,1H3,(H,20,23). The van der Waals surface area contributed by atoms with E-state index in [0.717, 1.165) is 29.0 Å². The molecule has 6 nitrogen and oxygen atoms in total. The lowest BCUT2D eigenvalue weighted by molar-refractivity contribution is 0.0937. The number of hydrogen-bond donors (Lipinski definition) is 1. The van der Waals surface area contributed by atoms with E-state index in [1.54, 1.807) is 13.2 Å². The lowest BCUT2D eigenvalue weighted by atomic mass is 10.0. The van der Waals surface area contributed by atoms with Gasteiger partial charge >= 0.3 is 0 Å². The maximum Gasteiger partial charge on any atom is 0.261 e. The van der Waals surface area contributed by atoms with Crippen LogP contribution in [0.5, 0.6) is 11.6 Å². The van der Waals surface area contributed by atoms with Gasteiger partial charge in [0.2, 0.25) is 5.88 Å². The van der Waals surface area contributed by atoms with Gasteiger partial charge in [0, 0.05) is 18.1 Å². The van der Waals surface area contributed by atoms with Crippen LogP contribution < -0.4 is 14.8 Å². The summed E-state index contributed by atoms with van der Waals surface area (Å²) >= 11 is 1.43. The predicted molar refractivity (Wildman–Crippen MR) is 98.8 cm³/mol. The van der Waals surface area contributed by atoms with Crippen molar-refractivity contribution >= 4 is 17.2 Å². The number of rotatable bonds is 5. The number of benzene rings is 1. The van der Waals surface area contributed by atoms with Crippen molar-refractivity contribution in [2.75, 3.05) is 13.7 Å². The molecule has 1 N–H and O–H groups in total. The number of ether oxygens (including phenoxy) is 2. The van der Waals surface area contributed by atoms with Crippen LogP contribution in [0.4, 0.5) is 0 Å². The molecule has 0 saturated carbocycles. The van der Waals surface area contributed by atoms with Crippen molar-refractivity contribution in [1.29, 1.82) is 0 Å². The van der Waals surface area contributed by atoms with E-state index in [0.29, 0.717) is 17.3 Å². The molecule has 1 aliphatic heterocycles. The van der Waals surface area contributed by atoms with Crippen LogP contribution in [0.2, 0.25) is 0 Å². The molecule has 1 unspecified atom stereocenters. The molecule has 4 rings (SSSR count). The Morgan fingerprint density at radius 3 is 2.96 bits per heavy atom. The monoisotopic (exact) mass is 367 g/mol. The Labute approximate surface area is 154 Å². The lowest BCUT2D eigenvalue weighted by Crippen LogP contribution is -2.34. The summed E-state index contributed by atoms with van der Waals surface area (Å²) < 4.78 is 11.0. The van der Waals surface area contributed by atoms with Gasteiger partial charge in [-0.15, -0.1) is 21.5 Å². The molecule has 0 saturated heterocycles. The van der Waals surface area contributed by atoms with E-state index < -0.39 is 0 Å². The van der Waals surface area contributed by atoms with Crippen LogP contribution in [0, 0.1) is 0 Å². The third-order valence-corrected chi connectivity index (χ3v) is 5.05. The molecular weight excluding hydrogens is 350 g/mol. The Morgan fingerprint density at radius 2 is 2.23 bits per heavy atom. The number of carbonyl (C=O) groups is 1. The fourth-order valence-corrected chi connectivity index (χ4v) is 3.52. The molecule has 0 bridgehead atoms. The molecule has 0 radical (unpaired) electrons. The fraction of sp³-hybridized carbons (Fsp3) is 0.211. The molecule has 0 fully saturated rings. The van der Waals surface area contributed by atoms with Gasteiger partial charge < -0.3 is 14.8 Å². The second-order valence-corrected chi connectivity index (χ2v) is 6.86. The molecule has 2 aromatic heterocycles. The van der Waals surface area contributed by atoms with Crippen molar-refractivity contribution in [1.82, 2.24) is 15.5 Å². The van der Waals surface area contributed by atoms with Gasteiger partial charge in [0.05, 0.1) is 24.2 Å². The van der Waals surface area contributed by atoms with Crippen molar-refractivity contribution in [2.24, 2.45) is 0 Å². The summed E-state index contributed by atoms with van der Waals surface area (Å²) in [6, 6.07) is 13.3. The Balaban J connectivity index is 1.41. The molecule has 1 aromatic carbocycles. The summed E-state index contributed by atoms with van der Waals surface area (Å²) in [7, 11) is 1.56. The molecular formula is C19H17N3O3S. The largest absolute Gasteiger partial charge is 0.488 e. The van der Waals surface area contributed by atoms with E-state index >= 15 is 0 Å². The highest BCUT2D eigenvalue weighted by Crippen LogP contribution is 2.32. The summed E-state index contributed by atoms with van der Waals surface area (Å²) in [5, 5.41) is 13.0. The van der Waals surface area contributed by atoms with E-state index in [2.05, 4.69) is 21.6 Å². The summed E-state index contributed by atoms with van der Waals surface area (Å²) in [6.07, 6.45) is 0.684. The van der Waals surface area contributed by atoms with Gasteiger partial charge in [0.1, 0.15) is 11.9 Å². The number of carbonyl (C=O) groups excluding carboxylic acids is 1. The number of nitrogens with one attached hydrogen (secondary N) is 1. The predicted octanol–water partition coefficient (Wildman–Crippen LogP) is 2.95. The molecule has 3 heterocycles. The molecule has 1 amide bonds. The number of aromatic nitrogens is 2. The Morgan fingerprint density at radius 1 is 1.31 bits per heavy atom. The maximum atomic E-state index is 12.0. The zero-order chi connectivity index (χ0) is 17.9. The van der Waals surface area contributed by atoms with E-state index in [1.807, 2.05) is 35.7 Å². The quantitative estimate of drug-likeness (QED) is 0.751. The fourth-order valence-electron chi connectivity index (χ4n) is 2.88. The molecule has 26 heavy (non-hydrogen) atoms. The first-order chi connectivity index (χ1) is 12.7. The molecule has 1 aliphatic rings. The number of fused-ring (bicyclic) bond motifs is 1. The number of methoxy groups -OCH3 is 1. The lowest BCUT2D eigenvalue weighted by Gasteiger charge is -2.11. The van der Waals surface area contributed by atoms with E-state index in [1.165, 1.54) is 11.3 Å². The normalized spacial score (nSPS) is 15.2. The summed E-state index contributed by atoms with van der Waals surface area (Å²) in [6.45, 7) is 0.475. The average molecular weight is 367 g/mol. The Bertz CT molecular complexity index is 910. The van der Waals surface area contributed by atoms with Gasteiger partial charge in [-0.05, 0) is 41.3 Å². The van der Waals surface area contributed by atoms with Gasteiger partial charge in [0.15, 0.2) is 0 Å².